The molecule has 198 valence electrons. The third-order valence-electron chi connectivity index (χ3n) is 5.34. The number of hydrogen-bond donors (Lipinski definition) is 4. The Morgan fingerprint density at radius 2 is 1.63 bits per heavy atom. The first-order valence-electron chi connectivity index (χ1n) is 11.5. The summed E-state index contributed by atoms with van der Waals surface area (Å²) in [5.41, 5.74) is 4.58. The molecule has 0 aliphatic rings. The Kier molecular flexibility index (Phi) is 10.2. The van der Waals surface area contributed by atoms with Gasteiger partial charge in [0, 0.05) is 25.0 Å². The summed E-state index contributed by atoms with van der Waals surface area (Å²) < 4.78 is 32.5. The second-order valence-electron chi connectivity index (χ2n) is 8.04. The molecule has 1 heterocycles. The van der Waals surface area contributed by atoms with Crippen molar-refractivity contribution in [1.29, 1.82) is 0 Å². The van der Waals surface area contributed by atoms with E-state index in [9.17, 15) is 14.2 Å². The van der Waals surface area contributed by atoms with Gasteiger partial charge in [-0.25, -0.2) is 14.0 Å². The fraction of sp³-hybridized carbons (Fsp3) is 0.160. The van der Waals surface area contributed by atoms with Crippen LogP contribution in [0.5, 0.6) is 0 Å². The Morgan fingerprint density at radius 3 is 2.21 bits per heavy atom. The zero-order valence-corrected chi connectivity index (χ0v) is 23.3. The van der Waals surface area contributed by atoms with Crippen LogP contribution in [-0.4, -0.2) is 33.3 Å². The van der Waals surface area contributed by atoms with Crippen molar-refractivity contribution in [2.45, 2.75) is 18.1 Å². The number of nitrogens with one attached hydrogen (secondary N) is 3. The summed E-state index contributed by atoms with van der Waals surface area (Å²) in [6, 6.07) is 23.7. The summed E-state index contributed by atoms with van der Waals surface area (Å²) in [7, 11) is -3.01. The van der Waals surface area contributed by atoms with Crippen LogP contribution in [0.4, 0.5) is 10.1 Å². The first kappa shape index (κ1) is 28.2. The zero-order valence-electron chi connectivity index (χ0n) is 20.1. The minimum Gasteiger partial charge on any atom is -0.290 e. The monoisotopic (exact) mass is 618 g/mol. The van der Waals surface area contributed by atoms with Crippen LogP contribution >= 0.6 is 35.1 Å². The molecule has 0 aliphatic heterocycles. The van der Waals surface area contributed by atoms with Crippen molar-refractivity contribution in [3.63, 3.8) is 0 Å². The Bertz CT molecular complexity index is 1360. The molecule has 0 unspecified atom stereocenters. The molecule has 38 heavy (non-hydrogen) atoms. The van der Waals surface area contributed by atoms with Gasteiger partial charge in [0.25, 0.3) is 0 Å². The minimum absolute atomic E-state index is 0.0279. The number of aromatic nitrogens is 2. The first-order valence-corrected chi connectivity index (χ1v) is 15.2. The minimum atomic E-state index is -3.01. The molecular formula is C25H25BrFN6O3PS. The maximum Gasteiger partial charge on any atom is 0.212 e. The molecule has 0 amide bonds. The molecule has 0 bridgehead atoms. The first-order chi connectivity index (χ1) is 18.5. The van der Waals surface area contributed by atoms with Crippen LogP contribution in [-0.2, 0) is 17.7 Å². The van der Waals surface area contributed by atoms with E-state index in [4.69, 9.17) is 4.63 Å². The number of hydroxylamine groups is 1. The van der Waals surface area contributed by atoms with E-state index in [2.05, 4.69) is 41.4 Å². The van der Waals surface area contributed by atoms with Gasteiger partial charge >= 0.3 is 0 Å². The van der Waals surface area contributed by atoms with Gasteiger partial charge in [-0.05, 0) is 55.6 Å². The van der Waals surface area contributed by atoms with Gasteiger partial charge < -0.3 is 0 Å². The Labute approximate surface area is 231 Å². The van der Waals surface area contributed by atoms with E-state index in [1.807, 2.05) is 66.1 Å². The van der Waals surface area contributed by atoms with Gasteiger partial charge in [-0.1, -0.05) is 72.4 Å². The van der Waals surface area contributed by atoms with Crippen LogP contribution < -0.4 is 15.7 Å². The predicted molar refractivity (Wildman–Crippen MR) is 149 cm³/mol. The highest BCUT2D eigenvalue weighted by Crippen LogP contribution is 2.38. The smallest absolute Gasteiger partial charge is 0.212 e. The average Bonchev–Trinajstić information content (AvgIpc) is 3.41. The van der Waals surface area contributed by atoms with Crippen molar-refractivity contribution < 1.29 is 18.8 Å². The molecule has 0 fully saturated rings. The molecule has 4 rings (SSSR count). The van der Waals surface area contributed by atoms with Crippen molar-refractivity contribution in [3.05, 3.63) is 106 Å². The van der Waals surface area contributed by atoms with Crippen LogP contribution in [0.3, 0.4) is 0 Å². The molecule has 0 radical (unpaired) electrons. The molecule has 0 atom stereocenters. The normalized spacial score (nSPS) is 12.0. The standard InChI is InChI=1S/C25H25BrFN6O3PS/c26-21-15-20(11-12-22(21)27)30-24(31-34)23-25(33-36-32-23)38-14-13-37(35,28-16-18-7-3-1-4-8-18)29-17-19-9-5-2-6-10-19/h1-12,15,34H,13-14,16-17H2,(H,30,31)(H2,28,29,35). The highest BCUT2D eigenvalue weighted by atomic mass is 79.9. The molecule has 0 saturated heterocycles. The summed E-state index contributed by atoms with van der Waals surface area (Å²) in [4.78, 5) is 4.27. The van der Waals surface area contributed by atoms with E-state index in [0.29, 0.717) is 35.7 Å². The van der Waals surface area contributed by atoms with Crippen LogP contribution in [0.15, 0.2) is 98.0 Å². The molecule has 9 nitrogen and oxygen atoms in total. The van der Waals surface area contributed by atoms with Crippen LogP contribution in [0.25, 0.3) is 0 Å². The van der Waals surface area contributed by atoms with Crippen LogP contribution in [0.1, 0.15) is 16.8 Å². The van der Waals surface area contributed by atoms with E-state index in [1.165, 1.54) is 30.0 Å². The lowest BCUT2D eigenvalue weighted by Gasteiger charge is -2.21. The van der Waals surface area contributed by atoms with E-state index < -0.39 is 13.3 Å². The maximum atomic E-state index is 13.9. The third kappa shape index (κ3) is 8.07. The molecule has 3 aromatic carbocycles. The van der Waals surface area contributed by atoms with Crippen molar-refractivity contribution >= 4 is 46.7 Å². The van der Waals surface area contributed by atoms with Gasteiger partial charge in [0.2, 0.25) is 7.44 Å². The fourth-order valence-electron chi connectivity index (χ4n) is 3.35. The summed E-state index contributed by atoms with van der Waals surface area (Å²) >= 11 is 4.38. The number of nitrogens with zero attached hydrogens (tertiary/aromatic N) is 3. The van der Waals surface area contributed by atoms with Gasteiger partial charge in [0.1, 0.15) is 5.82 Å². The van der Waals surface area contributed by atoms with E-state index >= 15 is 0 Å². The maximum absolute atomic E-state index is 13.9. The lowest BCUT2D eigenvalue weighted by molar-refractivity contribution is 0.234. The molecule has 0 aliphatic carbocycles. The number of thioether (sulfide) groups is 1. The summed E-state index contributed by atoms with van der Waals surface area (Å²) in [6.07, 6.45) is 0.299. The quantitative estimate of drug-likeness (QED) is 0.0505. The number of aliphatic imine (C=N–C) groups is 1. The number of halogens is 2. The SMILES string of the molecule is O=P(CCSc1nonc1C(=Nc1ccc(F)c(Br)c1)NO)(NCc1ccccc1)NCc1ccccc1. The van der Waals surface area contributed by atoms with Gasteiger partial charge in [0.15, 0.2) is 16.6 Å². The predicted octanol–water partition coefficient (Wildman–Crippen LogP) is 5.89. The molecule has 4 N–H and O–H groups in total. The number of hydrogen-bond acceptors (Lipinski definition) is 7. The second-order valence-corrected chi connectivity index (χ2v) is 12.5. The zero-order chi connectivity index (χ0) is 26.8. The fourth-order valence-corrected chi connectivity index (χ4v) is 6.96. The second kappa shape index (κ2) is 13.8. The number of amidine groups is 1. The summed E-state index contributed by atoms with van der Waals surface area (Å²) in [6.45, 7) is 0.889. The third-order valence-corrected chi connectivity index (χ3v) is 9.39. The van der Waals surface area contributed by atoms with Crippen LogP contribution in [0.2, 0.25) is 0 Å². The Morgan fingerprint density at radius 1 is 1.00 bits per heavy atom. The van der Waals surface area contributed by atoms with Gasteiger partial charge in [-0.15, -0.1) is 0 Å². The molecular weight excluding hydrogens is 594 g/mol. The van der Waals surface area contributed by atoms with E-state index in [0.717, 1.165) is 11.1 Å². The Hall–Kier alpha value is -2.86. The molecule has 0 spiro atoms. The molecule has 0 saturated carbocycles. The largest absolute Gasteiger partial charge is 0.290 e. The molecule has 1 aromatic heterocycles. The van der Waals surface area contributed by atoms with Gasteiger partial charge in [-0.3, -0.25) is 25.4 Å². The highest BCUT2D eigenvalue weighted by molar-refractivity contribution is 9.10. The topological polar surface area (TPSA) is 125 Å². The lowest BCUT2D eigenvalue weighted by Crippen LogP contribution is -2.25. The lowest BCUT2D eigenvalue weighted by atomic mass is 10.2. The average molecular weight is 619 g/mol. The highest BCUT2D eigenvalue weighted by Gasteiger charge is 2.23. The van der Waals surface area contributed by atoms with Crippen molar-refractivity contribution in [2.75, 3.05) is 11.9 Å². The van der Waals surface area contributed by atoms with E-state index in [-0.39, 0.29) is 16.0 Å². The number of rotatable bonds is 12. The van der Waals surface area contributed by atoms with Crippen molar-refractivity contribution in [2.24, 2.45) is 4.99 Å². The molecule has 4 aromatic rings. The van der Waals surface area contributed by atoms with Crippen molar-refractivity contribution in [1.82, 2.24) is 26.0 Å². The summed E-state index contributed by atoms with van der Waals surface area (Å²) in [5.74, 6) is -0.0593. The van der Waals surface area contributed by atoms with Gasteiger partial charge in [-0.2, -0.15) is 0 Å². The molecule has 13 heteroatoms. The number of benzene rings is 3. The van der Waals surface area contributed by atoms with Crippen molar-refractivity contribution in [3.8, 4) is 0 Å². The Balaban J connectivity index is 1.44. The summed E-state index contributed by atoms with van der Waals surface area (Å²) in [5, 5.41) is 24.2. The van der Waals surface area contributed by atoms with Crippen LogP contribution in [0, 0.1) is 5.82 Å². The van der Waals surface area contributed by atoms with E-state index in [1.54, 1.807) is 0 Å². The van der Waals surface area contributed by atoms with Gasteiger partial charge in [0.05, 0.1) is 10.2 Å².